The average molecular weight is 1480 g/mol. The molecular weight excluding hydrogens is 1390 g/mol. The molecule has 8 rings (SSSR count). The molecule has 0 amide bonds. The summed E-state index contributed by atoms with van der Waals surface area (Å²) in [5.41, 5.74) is 12.0. The molecule has 4 aromatic heterocycles. The van der Waals surface area contributed by atoms with Crippen LogP contribution >= 0.6 is 61.6 Å². The zero-order valence-corrected chi connectivity index (χ0v) is 61.6. The molecule has 0 atom stereocenters. The normalized spacial score (nSPS) is 10.9. The Bertz CT molecular complexity index is 3340. The Balaban J connectivity index is 0.000000335. The number of aryl methyl sites for hydroxylation is 3. The van der Waals surface area contributed by atoms with E-state index in [1.54, 1.807) is 77.8 Å². The second kappa shape index (κ2) is 43.7. The fourth-order valence-electron chi connectivity index (χ4n) is 9.85. The van der Waals surface area contributed by atoms with Gasteiger partial charge in [0, 0.05) is 47.7 Å². The zero-order valence-electron chi connectivity index (χ0n) is 54.3. The quantitative estimate of drug-likeness (QED) is 0.0116. The molecule has 8 aromatic rings. The molecular formula is C76H94N4O2P2PtS4. The van der Waals surface area contributed by atoms with E-state index in [9.17, 15) is 4.79 Å². The van der Waals surface area contributed by atoms with Crippen molar-refractivity contribution in [2.75, 3.05) is 41.9 Å². The van der Waals surface area contributed by atoms with Crippen LogP contribution in [-0.4, -0.2) is 56.8 Å². The molecule has 0 radical (unpaired) electrons. The summed E-state index contributed by atoms with van der Waals surface area (Å²) in [6.45, 7) is 20.4. The van der Waals surface area contributed by atoms with Gasteiger partial charge in [0.05, 0.1) is 11.7 Å². The van der Waals surface area contributed by atoms with Crippen LogP contribution in [0.5, 0.6) is 0 Å². The van der Waals surface area contributed by atoms with Gasteiger partial charge in [-0.15, -0.1) is 38.8 Å². The molecule has 474 valence electrons. The van der Waals surface area contributed by atoms with Crippen LogP contribution in [0.2, 0.25) is 0 Å². The van der Waals surface area contributed by atoms with E-state index in [0.29, 0.717) is 25.6 Å². The topological polar surface area (TPSA) is 90.1 Å². The van der Waals surface area contributed by atoms with E-state index in [4.69, 9.17) is 32.0 Å². The minimum Gasteiger partial charge on any atom is -0.477 e. The van der Waals surface area contributed by atoms with Crippen molar-refractivity contribution in [1.29, 1.82) is 5.26 Å². The largest absolute Gasteiger partial charge is 2.00 e. The van der Waals surface area contributed by atoms with Crippen LogP contribution in [-0.2, 0) is 32.3 Å². The fraction of sp³-hybridized carbons (Fsp3) is 0.421. The van der Waals surface area contributed by atoms with E-state index in [2.05, 4.69) is 182 Å². The van der Waals surface area contributed by atoms with Gasteiger partial charge in [-0.05, 0) is 156 Å². The first-order chi connectivity index (χ1) is 42.9. The van der Waals surface area contributed by atoms with Crippen LogP contribution in [0.25, 0.3) is 48.4 Å². The van der Waals surface area contributed by atoms with Crippen LogP contribution < -0.4 is 4.90 Å². The summed E-state index contributed by atoms with van der Waals surface area (Å²) in [6, 6.07) is 42.2. The van der Waals surface area contributed by atoms with Gasteiger partial charge >= 0.3 is 27.0 Å². The molecule has 0 aliphatic heterocycles. The summed E-state index contributed by atoms with van der Waals surface area (Å²) in [6.07, 6.45) is 48.2. The number of anilines is 3. The first-order valence-corrected chi connectivity index (χ1v) is 39.1. The van der Waals surface area contributed by atoms with Gasteiger partial charge in [-0.3, -0.25) is 11.8 Å². The number of carboxylic acids is 1. The second-order valence-electron chi connectivity index (χ2n) is 22.3. The Morgan fingerprint density at radius 2 is 0.989 bits per heavy atom. The third-order valence-corrected chi connectivity index (χ3v) is 24.6. The number of rotatable bonds is 31. The van der Waals surface area contributed by atoms with Gasteiger partial charge in [0.15, 0.2) is 0 Å². The molecule has 13 heteroatoms. The van der Waals surface area contributed by atoms with Gasteiger partial charge in [-0.25, -0.2) is 27.5 Å². The molecule has 0 unspecified atom stereocenters. The van der Waals surface area contributed by atoms with Gasteiger partial charge in [0.25, 0.3) is 0 Å². The summed E-state index contributed by atoms with van der Waals surface area (Å²) < 4.78 is 9.52. The van der Waals surface area contributed by atoms with E-state index in [1.165, 1.54) is 157 Å². The van der Waals surface area contributed by atoms with Crippen molar-refractivity contribution in [3.63, 3.8) is 0 Å². The number of benzene rings is 4. The molecule has 1 N–H and O–H groups in total. The number of hydrogen-bond donors (Lipinski definition) is 1. The van der Waals surface area contributed by atoms with Crippen LogP contribution in [0, 0.1) is 49.9 Å². The molecule has 0 aliphatic carbocycles. The summed E-state index contributed by atoms with van der Waals surface area (Å²) >= 11 is 5.89. The standard InChI is InChI=1S/C42H36N3S3.2C12H27P.C10H4NO2S.Pt/c1-5-7-8-9-10-31-27-40(46-37(31)6-2)36-24-23-35(41-42(36)44-48-43-41)39-26-25-38(47-39)30-15-21-34(22-16-30)45(32-17-11-28(3)12-18-32)33-19-13-29(4)14-20-33;2*1-4-7-10-13(11-8-5-2)12-9-6-3;1-2-8-3-4-9(14-8)5-7(6-11)10(12)13;/h11-27H,5,7-10H2,1,3-4H3;2*4-12H2,1-3H3;3-5H,(H,12,13);/q-1;;;-1;+2/b;;;7-5+;. The van der Waals surface area contributed by atoms with Crippen molar-refractivity contribution in [3.05, 3.63) is 165 Å². The minimum atomic E-state index is -1.25. The predicted octanol–water partition coefficient (Wildman–Crippen LogP) is 24.4. The smallest absolute Gasteiger partial charge is 0.477 e. The Hall–Kier alpha value is -5.03. The van der Waals surface area contributed by atoms with Gasteiger partial charge in [-0.2, -0.15) is 14.0 Å². The van der Waals surface area contributed by atoms with Crippen molar-refractivity contribution in [2.24, 2.45) is 0 Å². The molecule has 0 aliphatic rings. The van der Waals surface area contributed by atoms with Gasteiger partial charge in [0.2, 0.25) is 0 Å². The van der Waals surface area contributed by atoms with Crippen LogP contribution in [0.15, 0.2) is 121 Å². The van der Waals surface area contributed by atoms with E-state index in [-0.39, 0.29) is 26.6 Å². The molecule has 0 bridgehead atoms. The number of thiophene rings is 3. The Morgan fingerprint density at radius 1 is 0.539 bits per heavy atom. The molecule has 0 saturated heterocycles. The predicted molar refractivity (Wildman–Crippen MR) is 392 cm³/mol. The number of aliphatic carboxylic acids is 1. The maximum atomic E-state index is 10.5. The summed E-state index contributed by atoms with van der Waals surface area (Å²) in [5.74, 6) is 3.62. The zero-order chi connectivity index (χ0) is 63.5. The summed E-state index contributed by atoms with van der Waals surface area (Å²) in [7, 11) is 0.843. The van der Waals surface area contributed by atoms with E-state index in [0.717, 1.165) is 61.8 Å². The Morgan fingerprint density at radius 3 is 1.40 bits per heavy atom. The van der Waals surface area contributed by atoms with Crippen molar-refractivity contribution in [1.82, 2.24) is 8.75 Å². The molecule has 89 heavy (non-hydrogen) atoms. The van der Waals surface area contributed by atoms with Gasteiger partial charge < -0.3 is 22.9 Å². The number of nitrogens with zero attached hydrogens (tertiary/aromatic N) is 4. The monoisotopic (exact) mass is 1480 g/mol. The van der Waals surface area contributed by atoms with E-state index < -0.39 is 5.97 Å². The number of nitriles is 1. The number of hydrogen-bond acceptors (Lipinski definition) is 9. The molecule has 0 fully saturated rings. The summed E-state index contributed by atoms with van der Waals surface area (Å²) in [5, 5.41) is 17.0. The maximum Gasteiger partial charge on any atom is 2.00 e. The number of fused-ring (bicyclic) bond motifs is 1. The van der Waals surface area contributed by atoms with Crippen LogP contribution in [0.1, 0.15) is 183 Å². The second-order valence-corrected chi connectivity index (χ2v) is 31.5. The van der Waals surface area contributed by atoms with Crippen LogP contribution in [0.3, 0.4) is 0 Å². The van der Waals surface area contributed by atoms with Crippen molar-refractivity contribution >= 4 is 102 Å². The van der Waals surface area contributed by atoms with Crippen molar-refractivity contribution in [3.8, 4) is 49.2 Å². The number of carboxylic acid groups (broad SMARTS) is 1. The average Bonchev–Trinajstić information content (AvgIpc) is 1.90. The molecule has 4 aromatic carbocycles. The first kappa shape index (κ1) is 76.4. The van der Waals surface area contributed by atoms with Gasteiger partial charge in [-0.1, -0.05) is 194 Å². The maximum absolute atomic E-state index is 10.5. The molecule has 4 heterocycles. The third-order valence-electron chi connectivity index (χ3n) is 15.1. The van der Waals surface area contributed by atoms with E-state index >= 15 is 0 Å². The Labute approximate surface area is 569 Å². The first-order valence-electron chi connectivity index (χ1n) is 32.2. The van der Waals surface area contributed by atoms with Crippen molar-refractivity contribution < 1.29 is 31.0 Å². The third kappa shape index (κ3) is 25.5. The Kier molecular flexibility index (Phi) is 37.5. The molecule has 6 nitrogen and oxygen atoms in total. The van der Waals surface area contributed by atoms with Gasteiger partial charge in [0.1, 0.15) is 22.7 Å². The van der Waals surface area contributed by atoms with Crippen LogP contribution in [0.4, 0.5) is 17.1 Å². The van der Waals surface area contributed by atoms with E-state index in [1.807, 2.05) is 0 Å². The fourth-order valence-corrected chi connectivity index (χ4v) is 19.2. The number of carbonyl (C=O) groups is 1. The van der Waals surface area contributed by atoms with Crippen molar-refractivity contribution in [2.45, 2.75) is 171 Å². The number of aromatic nitrogens is 2. The molecule has 0 saturated carbocycles. The molecule has 0 spiro atoms. The summed E-state index contributed by atoms with van der Waals surface area (Å²) in [4.78, 5) is 18.5. The SMILES string of the molecule is CCCCP(CCCC)CCCC.CCCCP(CCCC)CCCC.[C-]#Cc1ccc(/C=C(\C#N)C(=O)O)s1.[C-]#Cc1sc(-c2ccc(-c3ccc(-c4ccc(N(c5ccc(C)cc5)c5ccc(C)cc5)cc4)s3)c3nsnc23)cc1CCCCCC.[Pt+2]. The number of unbranched alkanes of at least 4 members (excludes halogenated alkanes) is 9. The minimum absolute atomic E-state index is 0.